The average Bonchev–Trinajstić information content (AvgIpc) is 2.59. The third kappa shape index (κ3) is 3.75. The van der Waals surface area contributed by atoms with E-state index in [1.54, 1.807) is 13.0 Å². The topological polar surface area (TPSA) is 81.4 Å². The molecule has 0 aliphatic carbocycles. The molecule has 98 valence electrons. The summed E-state index contributed by atoms with van der Waals surface area (Å²) < 4.78 is 31.8. The summed E-state index contributed by atoms with van der Waals surface area (Å²) in [5.74, 6) is 0. The first-order valence-corrected chi connectivity index (χ1v) is 7.51. The van der Waals surface area contributed by atoms with Crippen LogP contribution in [0.4, 0.5) is 0 Å². The quantitative estimate of drug-likeness (QED) is 0.807. The number of hydrogen-bond donors (Lipinski definition) is 2. The Labute approximate surface area is 106 Å². The molecule has 0 radical (unpaired) electrons. The summed E-state index contributed by atoms with van der Waals surface area (Å²) in [5, 5.41) is 0. The summed E-state index contributed by atoms with van der Waals surface area (Å²) in [6.45, 7) is 4.31. The predicted molar refractivity (Wildman–Crippen MR) is 68.6 cm³/mol. The van der Waals surface area contributed by atoms with Crippen LogP contribution in [0.25, 0.3) is 0 Å². The molecular weight excluding hydrogens is 260 g/mol. The van der Waals surface area contributed by atoms with Gasteiger partial charge in [-0.1, -0.05) is 0 Å². The fourth-order valence-electron chi connectivity index (χ4n) is 1.43. The Bertz CT molecular complexity index is 468. The van der Waals surface area contributed by atoms with E-state index in [9.17, 15) is 8.42 Å². The zero-order chi connectivity index (χ0) is 13.1. The van der Waals surface area contributed by atoms with Crippen LogP contribution in [0.1, 0.15) is 17.4 Å². The lowest BCUT2D eigenvalue weighted by Gasteiger charge is -2.11. The van der Waals surface area contributed by atoms with E-state index in [0.717, 1.165) is 10.4 Å². The van der Waals surface area contributed by atoms with Crippen LogP contribution in [0.2, 0.25) is 0 Å². The monoisotopic (exact) mass is 278 g/mol. The molecule has 0 aromatic carbocycles. The van der Waals surface area contributed by atoms with E-state index in [-0.39, 0.29) is 6.04 Å². The molecule has 0 aliphatic rings. The first-order valence-electron chi connectivity index (χ1n) is 5.21. The van der Waals surface area contributed by atoms with Crippen molar-refractivity contribution in [2.45, 2.75) is 30.6 Å². The number of sulfonamides is 1. The Kier molecular flexibility index (Phi) is 5.08. The van der Waals surface area contributed by atoms with Crippen molar-refractivity contribution in [1.29, 1.82) is 0 Å². The Hall–Kier alpha value is -0.470. The molecule has 1 unspecified atom stereocenters. The smallest absolute Gasteiger partial charge is 0.250 e. The number of methoxy groups -OCH3 is 1. The molecule has 1 atom stereocenters. The molecule has 5 nitrogen and oxygen atoms in total. The van der Waals surface area contributed by atoms with Crippen LogP contribution in [0.15, 0.2) is 10.3 Å². The number of rotatable bonds is 6. The molecule has 0 aliphatic heterocycles. The van der Waals surface area contributed by atoms with Crippen molar-refractivity contribution in [3.8, 4) is 0 Å². The van der Waals surface area contributed by atoms with Gasteiger partial charge in [-0.25, -0.2) is 13.1 Å². The molecule has 3 N–H and O–H groups in total. The molecule has 0 bridgehead atoms. The second-order valence-corrected chi connectivity index (χ2v) is 6.93. The largest absolute Gasteiger partial charge is 0.383 e. The van der Waals surface area contributed by atoms with Crippen LogP contribution in [-0.2, 0) is 21.3 Å². The van der Waals surface area contributed by atoms with Gasteiger partial charge in [0, 0.05) is 24.6 Å². The number of thiophene rings is 1. The van der Waals surface area contributed by atoms with Gasteiger partial charge in [0.15, 0.2) is 0 Å². The van der Waals surface area contributed by atoms with Gasteiger partial charge in [-0.3, -0.25) is 0 Å². The molecule has 1 heterocycles. The van der Waals surface area contributed by atoms with E-state index in [0.29, 0.717) is 17.4 Å². The minimum absolute atomic E-state index is 0.256. The second kappa shape index (κ2) is 5.92. The Morgan fingerprint density at radius 1 is 1.59 bits per heavy atom. The normalized spacial score (nSPS) is 13.9. The minimum Gasteiger partial charge on any atom is -0.383 e. The summed E-state index contributed by atoms with van der Waals surface area (Å²) in [5.41, 5.74) is 6.45. The lowest BCUT2D eigenvalue weighted by Crippen LogP contribution is -2.35. The Morgan fingerprint density at radius 2 is 2.24 bits per heavy atom. The minimum atomic E-state index is -3.46. The summed E-state index contributed by atoms with van der Waals surface area (Å²) in [6, 6.07) is 1.39. The number of hydrogen-bond acceptors (Lipinski definition) is 5. The summed E-state index contributed by atoms with van der Waals surface area (Å²) >= 11 is 1.21. The second-order valence-electron chi connectivity index (χ2n) is 3.85. The third-order valence-corrected chi connectivity index (χ3v) is 5.54. The molecule has 1 rings (SSSR count). The van der Waals surface area contributed by atoms with Crippen LogP contribution in [-0.4, -0.2) is 28.2 Å². The fourth-order valence-corrected chi connectivity index (χ4v) is 4.14. The molecule has 7 heteroatoms. The van der Waals surface area contributed by atoms with Gasteiger partial charge in [0.05, 0.1) is 6.61 Å². The first-order chi connectivity index (χ1) is 7.90. The lowest BCUT2D eigenvalue weighted by molar-refractivity contribution is 0.180. The molecule has 0 saturated heterocycles. The van der Waals surface area contributed by atoms with E-state index in [1.807, 2.05) is 6.92 Å². The highest BCUT2D eigenvalue weighted by atomic mass is 32.2. The standard InChI is InChI=1S/C10H18N2O3S2/c1-7-4-10(16-9(7)5-11)17(13,14)12-8(2)6-15-3/h4,8,12H,5-6,11H2,1-3H3. The SMILES string of the molecule is COCC(C)NS(=O)(=O)c1cc(C)c(CN)s1. The van der Waals surface area contributed by atoms with Crippen LogP contribution in [0.3, 0.4) is 0 Å². The highest BCUT2D eigenvalue weighted by molar-refractivity contribution is 7.91. The van der Waals surface area contributed by atoms with Gasteiger partial charge < -0.3 is 10.5 Å². The van der Waals surface area contributed by atoms with E-state index < -0.39 is 10.0 Å². The fraction of sp³-hybridized carbons (Fsp3) is 0.600. The maximum absolute atomic E-state index is 12.0. The Balaban J connectivity index is 2.89. The van der Waals surface area contributed by atoms with Crippen molar-refractivity contribution >= 4 is 21.4 Å². The van der Waals surface area contributed by atoms with Gasteiger partial charge in [0.1, 0.15) is 4.21 Å². The molecular formula is C10H18N2O3S2. The molecule has 1 aromatic rings. The average molecular weight is 278 g/mol. The van der Waals surface area contributed by atoms with Gasteiger partial charge in [0.25, 0.3) is 0 Å². The van der Waals surface area contributed by atoms with Crippen LogP contribution < -0.4 is 10.5 Å². The van der Waals surface area contributed by atoms with Gasteiger partial charge in [-0.15, -0.1) is 11.3 Å². The summed E-state index contributed by atoms with van der Waals surface area (Å²) in [7, 11) is -1.93. The molecule has 1 aromatic heterocycles. The van der Waals surface area contributed by atoms with Gasteiger partial charge in [0.2, 0.25) is 10.0 Å². The number of aryl methyl sites for hydroxylation is 1. The third-order valence-electron chi connectivity index (χ3n) is 2.22. The number of nitrogens with one attached hydrogen (secondary N) is 1. The summed E-state index contributed by atoms with van der Waals surface area (Å²) in [4.78, 5) is 0.893. The van der Waals surface area contributed by atoms with E-state index >= 15 is 0 Å². The molecule has 17 heavy (non-hydrogen) atoms. The van der Waals surface area contributed by atoms with Gasteiger partial charge in [-0.05, 0) is 25.5 Å². The van der Waals surface area contributed by atoms with Crippen molar-refractivity contribution < 1.29 is 13.2 Å². The van der Waals surface area contributed by atoms with Crippen LogP contribution in [0.5, 0.6) is 0 Å². The first kappa shape index (κ1) is 14.6. The Morgan fingerprint density at radius 3 is 2.71 bits per heavy atom. The van der Waals surface area contributed by atoms with Crippen molar-refractivity contribution in [3.05, 3.63) is 16.5 Å². The van der Waals surface area contributed by atoms with Crippen molar-refractivity contribution in [3.63, 3.8) is 0 Å². The molecule has 0 amide bonds. The molecule has 0 spiro atoms. The van der Waals surface area contributed by atoms with E-state index in [4.69, 9.17) is 10.5 Å². The molecule has 0 saturated carbocycles. The highest BCUT2D eigenvalue weighted by Gasteiger charge is 2.20. The van der Waals surface area contributed by atoms with Crippen molar-refractivity contribution in [2.75, 3.05) is 13.7 Å². The zero-order valence-corrected chi connectivity index (χ0v) is 11.8. The lowest BCUT2D eigenvalue weighted by atomic mass is 10.3. The zero-order valence-electron chi connectivity index (χ0n) is 10.2. The van der Waals surface area contributed by atoms with Crippen molar-refractivity contribution in [1.82, 2.24) is 4.72 Å². The van der Waals surface area contributed by atoms with Crippen LogP contribution >= 0.6 is 11.3 Å². The van der Waals surface area contributed by atoms with Gasteiger partial charge in [-0.2, -0.15) is 0 Å². The maximum atomic E-state index is 12.0. The van der Waals surface area contributed by atoms with Crippen LogP contribution in [0, 0.1) is 6.92 Å². The number of nitrogens with two attached hydrogens (primary N) is 1. The van der Waals surface area contributed by atoms with E-state index in [2.05, 4.69) is 4.72 Å². The van der Waals surface area contributed by atoms with Gasteiger partial charge >= 0.3 is 0 Å². The number of ether oxygens (including phenoxy) is 1. The highest BCUT2D eigenvalue weighted by Crippen LogP contribution is 2.25. The van der Waals surface area contributed by atoms with E-state index in [1.165, 1.54) is 18.4 Å². The predicted octanol–water partition coefficient (Wildman–Crippen LogP) is 0.828. The maximum Gasteiger partial charge on any atom is 0.250 e. The molecule has 0 fully saturated rings. The van der Waals surface area contributed by atoms with Crippen molar-refractivity contribution in [2.24, 2.45) is 5.73 Å². The summed E-state index contributed by atoms with van der Waals surface area (Å²) in [6.07, 6.45) is 0.